The molecule has 2 aliphatic rings. The van der Waals surface area contributed by atoms with Crippen molar-refractivity contribution >= 4 is 38.3 Å². The average molecular weight is 610 g/mol. The van der Waals surface area contributed by atoms with Gasteiger partial charge in [-0.3, -0.25) is 14.0 Å². The molecule has 4 aromatic rings. The number of nitrogens with one attached hydrogen (secondary N) is 1. The third-order valence-electron chi connectivity index (χ3n) is 8.59. The molecule has 0 radical (unpaired) electrons. The van der Waals surface area contributed by atoms with Gasteiger partial charge in [-0.25, -0.2) is 22.4 Å². The van der Waals surface area contributed by atoms with Crippen molar-refractivity contribution < 1.29 is 13.2 Å². The minimum Gasteiger partial charge on any atom is -0.366 e. The summed E-state index contributed by atoms with van der Waals surface area (Å²) in [5, 5.41) is 9.27. The first-order valence-corrected chi connectivity index (χ1v) is 16.1. The van der Waals surface area contributed by atoms with E-state index in [1.165, 1.54) is 6.07 Å². The van der Waals surface area contributed by atoms with E-state index in [9.17, 15) is 18.0 Å². The standard InChI is InChI=1S/C29H39N9O4S/c1-7-21-15-31-38-25-23(27(39)37(26(21)38)18-20-14-30-34(6)17-20)12-22(43(41,42)32-29(3)8-9-29)13-24(25)35-10-11-36(19(2)16-35)28(40)33(4)5/h12-15,17,19,32H,7-11,16,18H2,1-6H3/t19-/m1/s1. The molecule has 2 amide bonds. The maximum atomic E-state index is 14.4. The molecule has 1 aromatic carbocycles. The van der Waals surface area contributed by atoms with Crippen molar-refractivity contribution in [3.63, 3.8) is 0 Å². The molecule has 0 unspecified atom stereocenters. The lowest BCUT2D eigenvalue weighted by atomic mass is 10.1. The van der Waals surface area contributed by atoms with Crippen LogP contribution in [0.1, 0.15) is 44.7 Å². The third kappa shape index (κ3) is 5.16. The lowest BCUT2D eigenvalue weighted by Crippen LogP contribution is -2.56. The number of nitrogens with zero attached hydrogens (tertiary/aromatic N) is 8. The van der Waals surface area contributed by atoms with Crippen LogP contribution in [0.15, 0.2) is 40.4 Å². The summed E-state index contributed by atoms with van der Waals surface area (Å²) in [6.45, 7) is 7.52. The van der Waals surface area contributed by atoms with Crippen molar-refractivity contribution in [2.24, 2.45) is 7.05 Å². The molecular formula is C29H39N9O4S. The number of carbonyl (C=O) groups is 1. The molecule has 1 saturated carbocycles. The molecule has 0 bridgehead atoms. The fraction of sp³-hybridized carbons (Fsp3) is 0.517. The van der Waals surface area contributed by atoms with Gasteiger partial charge in [0.25, 0.3) is 5.56 Å². The summed E-state index contributed by atoms with van der Waals surface area (Å²) in [5.74, 6) is 0. The second-order valence-corrected chi connectivity index (χ2v) is 14.0. The number of hydrogen-bond acceptors (Lipinski definition) is 7. The number of rotatable bonds is 7. The second-order valence-electron chi connectivity index (χ2n) is 12.3. The summed E-state index contributed by atoms with van der Waals surface area (Å²) in [6, 6.07) is 2.92. The van der Waals surface area contributed by atoms with Gasteiger partial charge in [-0.05, 0) is 45.2 Å². The zero-order valence-electron chi connectivity index (χ0n) is 25.5. The van der Waals surface area contributed by atoms with Crippen molar-refractivity contribution in [2.75, 3.05) is 38.6 Å². The first-order valence-electron chi connectivity index (χ1n) is 14.6. The van der Waals surface area contributed by atoms with Gasteiger partial charge < -0.3 is 14.7 Å². The number of benzene rings is 1. The van der Waals surface area contributed by atoms with E-state index in [1.807, 2.05) is 38.9 Å². The Morgan fingerprint density at radius 1 is 1.16 bits per heavy atom. The Balaban J connectivity index is 1.58. The van der Waals surface area contributed by atoms with Gasteiger partial charge in [0.05, 0.1) is 34.9 Å². The largest absolute Gasteiger partial charge is 0.366 e. The summed E-state index contributed by atoms with van der Waals surface area (Å²) < 4.78 is 35.4. The molecule has 1 saturated heterocycles. The fourth-order valence-electron chi connectivity index (χ4n) is 5.97. The van der Waals surface area contributed by atoms with Crippen LogP contribution in [0.25, 0.3) is 16.6 Å². The lowest BCUT2D eigenvalue weighted by molar-refractivity contribution is 0.147. The Labute approximate surface area is 250 Å². The Hall–Kier alpha value is -3.91. The predicted molar refractivity (Wildman–Crippen MR) is 164 cm³/mol. The van der Waals surface area contributed by atoms with Gasteiger partial charge in [0.1, 0.15) is 11.2 Å². The number of amides is 2. The number of sulfonamides is 1. The topological polar surface area (TPSA) is 130 Å². The Bertz CT molecular complexity index is 1900. The van der Waals surface area contributed by atoms with Crippen molar-refractivity contribution in [1.29, 1.82) is 0 Å². The lowest BCUT2D eigenvalue weighted by Gasteiger charge is -2.42. The van der Waals surface area contributed by atoms with Gasteiger partial charge in [0.15, 0.2) is 0 Å². The number of urea groups is 1. The summed E-state index contributed by atoms with van der Waals surface area (Å²) in [7, 11) is 1.35. The predicted octanol–water partition coefficient (Wildman–Crippen LogP) is 2.02. The van der Waals surface area contributed by atoms with Gasteiger partial charge in [0, 0.05) is 69.7 Å². The van der Waals surface area contributed by atoms with Crippen LogP contribution in [0, 0.1) is 0 Å². The van der Waals surface area contributed by atoms with Crippen LogP contribution in [0.4, 0.5) is 10.5 Å². The summed E-state index contributed by atoms with van der Waals surface area (Å²) in [4.78, 5) is 32.7. The minimum absolute atomic E-state index is 0.0369. The quantitative estimate of drug-likeness (QED) is 0.339. The third-order valence-corrected chi connectivity index (χ3v) is 10.2. The molecule has 4 heterocycles. The van der Waals surface area contributed by atoms with E-state index >= 15 is 0 Å². The smallest absolute Gasteiger partial charge is 0.319 e. The second kappa shape index (κ2) is 10.4. The molecule has 6 rings (SSSR count). The highest BCUT2D eigenvalue weighted by atomic mass is 32.2. The number of aromatic nitrogens is 5. The van der Waals surface area contributed by atoms with Crippen LogP contribution >= 0.6 is 0 Å². The van der Waals surface area contributed by atoms with Crippen molar-refractivity contribution in [3.05, 3.63) is 52.2 Å². The maximum Gasteiger partial charge on any atom is 0.319 e. The Morgan fingerprint density at radius 3 is 2.51 bits per heavy atom. The number of piperazine rings is 1. The molecule has 1 N–H and O–H groups in total. The number of fused-ring (bicyclic) bond motifs is 3. The highest BCUT2D eigenvalue weighted by molar-refractivity contribution is 7.89. The fourth-order valence-corrected chi connectivity index (χ4v) is 7.48. The van der Waals surface area contributed by atoms with E-state index in [0.717, 1.165) is 24.0 Å². The van der Waals surface area contributed by atoms with Crippen molar-refractivity contribution in [2.45, 2.75) is 63.1 Å². The zero-order valence-corrected chi connectivity index (χ0v) is 26.3. The molecule has 230 valence electrons. The average Bonchev–Trinajstić information content (AvgIpc) is 3.31. The van der Waals surface area contributed by atoms with Crippen LogP contribution in [0.5, 0.6) is 0 Å². The Morgan fingerprint density at radius 2 is 1.91 bits per heavy atom. The summed E-state index contributed by atoms with van der Waals surface area (Å²) in [6.07, 6.45) is 7.53. The van der Waals surface area contributed by atoms with E-state index in [4.69, 9.17) is 5.10 Å². The highest BCUT2D eigenvalue weighted by Gasteiger charge is 2.42. The molecule has 43 heavy (non-hydrogen) atoms. The van der Waals surface area contributed by atoms with Crippen LogP contribution in [0.3, 0.4) is 0 Å². The first-order chi connectivity index (χ1) is 20.3. The van der Waals surface area contributed by atoms with Gasteiger partial charge in [-0.1, -0.05) is 6.92 Å². The van der Waals surface area contributed by atoms with E-state index < -0.39 is 15.6 Å². The highest BCUT2D eigenvalue weighted by Crippen LogP contribution is 2.37. The van der Waals surface area contributed by atoms with Crippen molar-refractivity contribution in [1.82, 2.24) is 38.5 Å². The van der Waals surface area contributed by atoms with E-state index in [-0.39, 0.29) is 34.5 Å². The van der Waals surface area contributed by atoms with Crippen molar-refractivity contribution in [3.8, 4) is 0 Å². The molecule has 1 aliphatic carbocycles. The van der Waals surface area contributed by atoms with Crippen LogP contribution < -0.4 is 15.2 Å². The summed E-state index contributed by atoms with van der Waals surface area (Å²) in [5.41, 5.74) is 2.79. The number of aryl methyl sites for hydroxylation is 2. The number of carbonyl (C=O) groups excluding carboxylic acids is 1. The number of hydrogen-bond donors (Lipinski definition) is 1. The van der Waals surface area contributed by atoms with E-state index in [2.05, 4.69) is 14.7 Å². The maximum absolute atomic E-state index is 14.4. The molecule has 0 spiro atoms. The molecule has 3 aromatic heterocycles. The van der Waals surface area contributed by atoms with Gasteiger partial charge in [0.2, 0.25) is 10.0 Å². The van der Waals surface area contributed by atoms with Gasteiger partial charge in [-0.2, -0.15) is 10.2 Å². The monoisotopic (exact) mass is 609 g/mol. The van der Waals surface area contributed by atoms with E-state index in [1.54, 1.807) is 51.2 Å². The van der Waals surface area contributed by atoms with Crippen LogP contribution in [-0.4, -0.2) is 93.5 Å². The summed E-state index contributed by atoms with van der Waals surface area (Å²) >= 11 is 0. The SMILES string of the molecule is CCc1cnn2c3c(N4CCN(C(=O)N(C)C)[C@H](C)C4)cc(S(=O)(=O)NC4(C)CC4)cc3c(=O)n(Cc3cnn(C)c3)c12. The minimum atomic E-state index is -3.93. The van der Waals surface area contributed by atoms with Gasteiger partial charge in [-0.15, -0.1) is 0 Å². The van der Waals surface area contributed by atoms with E-state index in [0.29, 0.717) is 42.9 Å². The molecule has 2 fully saturated rings. The first kappa shape index (κ1) is 29.2. The Kier molecular flexibility index (Phi) is 7.03. The van der Waals surface area contributed by atoms with Crippen LogP contribution in [-0.2, 0) is 30.0 Å². The normalized spacial score (nSPS) is 18.5. The van der Waals surface area contributed by atoms with Gasteiger partial charge >= 0.3 is 6.03 Å². The molecule has 13 nitrogen and oxygen atoms in total. The molecule has 14 heteroatoms. The molecule has 1 aliphatic heterocycles. The van der Waals surface area contributed by atoms with Crippen LogP contribution in [0.2, 0.25) is 0 Å². The molecular weight excluding hydrogens is 570 g/mol. The molecule has 1 atom stereocenters. The zero-order chi connectivity index (χ0) is 30.8. The number of anilines is 1.